The van der Waals surface area contributed by atoms with Crippen molar-refractivity contribution in [3.05, 3.63) is 387 Å². The lowest BCUT2D eigenvalue weighted by atomic mass is 9.95. The number of aryl methyl sites for hydroxylation is 5. The van der Waals surface area contributed by atoms with Crippen LogP contribution in [0.3, 0.4) is 0 Å². The van der Waals surface area contributed by atoms with Crippen LogP contribution < -0.4 is 0 Å². The highest BCUT2D eigenvalue weighted by atomic mass is 14.7. The minimum atomic E-state index is 0.976. The first-order chi connectivity index (χ1) is 54.1. The molecule has 20 aromatic rings. The third-order valence-corrected chi connectivity index (χ3v) is 24.2. The number of nitrogens with zero attached hydrogens (tertiary/aromatic N) is 5. The maximum absolute atomic E-state index is 4.88. The van der Waals surface area contributed by atoms with Gasteiger partial charge in [0.15, 0.2) is 0 Å². The van der Waals surface area contributed by atoms with Crippen LogP contribution in [-0.2, 0) is 32.1 Å². The van der Waals surface area contributed by atoms with Gasteiger partial charge in [-0.1, -0.05) is 231 Å². The fourth-order valence-corrected chi connectivity index (χ4v) is 18.8. The maximum Gasteiger partial charge on any atom is 0.0802 e. The SMILES string of the molecule is Cc1cccc2c1Cc1ccc3cc4ccccc4cc3c1-2.Cc1ccnc2c1Cc1ccc3cc4ccccc4cc3c1-2.Cc1nc2cc3ccccc3cc2c2c1Cc1ccccc1-2.Cc1nc2ccc3ccccc3c2c2c1Cc1ccccc1-2.Cc1nc2ccc3cccnc3c2c2c1Cc1ccccc1-2. The molecule has 0 radical (unpaired) electrons. The van der Waals surface area contributed by atoms with Crippen LogP contribution in [0.2, 0.25) is 0 Å². The van der Waals surface area contributed by atoms with Crippen molar-refractivity contribution in [3.8, 4) is 55.8 Å². The molecule has 0 unspecified atom stereocenters. The summed E-state index contributed by atoms with van der Waals surface area (Å²) in [6, 6.07) is 105. The first-order valence-electron chi connectivity index (χ1n) is 38.6. The molecule has 110 heavy (non-hydrogen) atoms. The van der Waals surface area contributed by atoms with Crippen molar-refractivity contribution in [2.75, 3.05) is 0 Å². The summed E-state index contributed by atoms with van der Waals surface area (Å²) in [5, 5.41) is 20.7. The summed E-state index contributed by atoms with van der Waals surface area (Å²) < 4.78 is 0. The second-order valence-corrected chi connectivity index (χ2v) is 30.5. The highest BCUT2D eigenvalue weighted by molar-refractivity contribution is 6.17. The second-order valence-electron chi connectivity index (χ2n) is 30.5. The van der Waals surface area contributed by atoms with Gasteiger partial charge in [0.25, 0.3) is 0 Å². The van der Waals surface area contributed by atoms with Gasteiger partial charge in [-0.2, -0.15) is 0 Å². The van der Waals surface area contributed by atoms with Gasteiger partial charge in [-0.3, -0.25) is 24.9 Å². The average molecular weight is 1410 g/mol. The van der Waals surface area contributed by atoms with Crippen LogP contribution >= 0.6 is 0 Å². The highest BCUT2D eigenvalue weighted by Gasteiger charge is 2.29. The van der Waals surface area contributed by atoms with Crippen LogP contribution in [-0.4, -0.2) is 24.9 Å². The maximum atomic E-state index is 4.88. The molecule has 0 amide bonds. The van der Waals surface area contributed by atoms with E-state index in [2.05, 4.69) is 325 Å². The van der Waals surface area contributed by atoms with Gasteiger partial charge >= 0.3 is 0 Å². The lowest BCUT2D eigenvalue weighted by Crippen LogP contribution is -1.94. The van der Waals surface area contributed by atoms with Gasteiger partial charge in [-0.25, -0.2) is 0 Å². The zero-order chi connectivity index (χ0) is 73.4. The Balaban J connectivity index is 0.0000000873. The Labute approximate surface area is 639 Å². The summed E-state index contributed by atoms with van der Waals surface area (Å²) in [7, 11) is 0. The van der Waals surface area contributed by atoms with E-state index in [1.54, 1.807) is 0 Å². The Morgan fingerprint density at radius 1 is 0.227 bits per heavy atom. The first kappa shape index (κ1) is 65.0. The minimum Gasteiger partial charge on any atom is -0.256 e. The lowest BCUT2D eigenvalue weighted by molar-refractivity contribution is 1.14. The van der Waals surface area contributed by atoms with E-state index in [1.165, 1.54) is 209 Å². The Morgan fingerprint density at radius 3 is 1.27 bits per heavy atom. The Hall–Kier alpha value is -13.4. The molecule has 0 N–H and O–H groups in total. The van der Waals surface area contributed by atoms with Crippen molar-refractivity contribution < 1.29 is 0 Å². The van der Waals surface area contributed by atoms with E-state index >= 15 is 0 Å². The van der Waals surface area contributed by atoms with Gasteiger partial charge in [0.1, 0.15) is 0 Å². The van der Waals surface area contributed by atoms with Crippen LogP contribution in [0.5, 0.6) is 0 Å². The molecule has 0 saturated heterocycles. The topological polar surface area (TPSA) is 64.5 Å². The van der Waals surface area contributed by atoms with Gasteiger partial charge in [0.05, 0.1) is 27.8 Å². The van der Waals surface area contributed by atoms with Crippen molar-refractivity contribution >= 4 is 108 Å². The quantitative estimate of drug-likeness (QED) is 0.112. The van der Waals surface area contributed by atoms with E-state index in [1.807, 2.05) is 18.5 Å². The number of pyridine rings is 5. The number of hydrogen-bond acceptors (Lipinski definition) is 5. The summed E-state index contributed by atoms with van der Waals surface area (Å²) in [5.41, 5.74) is 38.2. The van der Waals surface area contributed by atoms with Crippen molar-refractivity contribution in [2.45, 2.75) is 66.7 Å². The lowest BCUT2D eigenvalue weighted by Gasteiger charge is -2.12. The predicted molar refractivity (Wildman–Crippen MR) is 461 cm³/mol. The van der Waals surface area contributed by atoms with Gasteiger partial charge in [-0.05, 0) is 278 Å². The molecule has 5 aromatic heterocycles. The van der Waals surface area contributed by atoms with Gasteiger partial charge in [-0.15, -0.1) is 0 Å². The van der Waals surface area contributed by atoms with Gasteiger partial charge in [0, 0.05) is 82.3 Å². The van der Waals surface area contributed by atoms with Crippen LogP contribution in [0.25, 0.3) is 164 Å². The van der Waals surface area contributed by atoms with Gasteiger partial charge < -0.3 is 0 Å². The van der Waals surface area contributed by atoms with E-state index in [-0.39, 0.29) is 0 Å². The smallest absolute Gasteiger partial charge is 0.0802 e. The van der Waals surface area contributed by atoms with E-state index < -0.39 is 0 Å². The predicted octanol–water partition coefficient (Wildman–Crippen LogP) is 26.3. The molecule has 0 fully saturated rings. The molecule has 5 heteroatoms. The number of benzene rings is 15. The van der Waals surface area contributed by atoms with Crippen molar-refractivity contribution in [1.29, 1.82) is 0 Å². The molecule has 5 aliphatic carbocycles. The van der Waals surface area contributed by atoms with E-state index in [0.717, 1.165) is 71.3 Å². The molecular weight excluding hydrogens is 1330 g/mol. The zero-order valence-electron chi connectivity index (χ0n) is 62.1. The standard InChI is InChI=1S/C22H16.3C21H15N.C20H14N2/c1-14-5-4-8-19-20(14)13-18-10-9-17-11-15-6-2-3-7-16(15)12-21(17)22(18)19;1-13-18-12-15-7-3-5-9-17(15)20(18)21-16-8-4-2-6-14(16)10-11-19(21)22-13;1-13-18-11-16-8-4-5-9-17(16)21(18)19-10-14-6-2-3-7-15(14)12-20(19)22-13;1-13-8-9-22-21-18(13)12-17-7-6-16-10-14-4-2-3-5-15(14)11-19(16)20(17)21;1-12-16-11-14-5-2-3-7-15(14)18(16)19-17(22-12)9-8-13-6-4-10-21-20(13)19/h2-12H,13H2,1H3;2-11H,12H2,1H3;2-10,12H,11H2,1H3;2-11H,12H2,1H3;2-10H,11H2,1H3. The minimum absolute atomic E-state index is 0.976. The fourth-order valence-electron chi connectivity index (χ4n) is 18.8. The Kier molecular flexibility index (Phi) is 15.3. The molecule has 0 atom stereocenters. The third-order valence-electron chi connectivity index (χ3n) is 24.2. The number of fused-ring (bicyclic) bond motifs is 32. The third kappa shape index (κ3) is 10.7. The van der Waals surface area contributed by atoms with E-state index in [4.69, 9.17) is 19.9 Å². The van der Waals surface area contributed by atoms with E-state index in [9.17, 15) is 0 Å². The molecule has 0 saturated carbocycles. The van der Waals surface area contributed by atoms with Crippen LogP contribution in [0.15, 0.2) is 304 Å². The van der Waals surface area contributed by atoms with Crippen LogP contribution in [0.1, 0.15) is 83.8 Å². The molecular formula is C105H75N5. The summed E-state index contributed by atoms with van der Waals surface area (Å²) >= 11 is 0. The molecule has 0 aliphatic heterocycles. The van der Waals surface area contributed by atoms with Crippen molar-refractivity contribution in [1.82, 2.24) is 24.9 Å². The Bertz CT molecular complexity index is 6960. The summed E-state index contributed by atoms with van der Waals surface area (Å²) in [4.78, 5) is 23.9. The molecule has 25 rings (SSSR count). The van der Waals surface area contributed by atoms with Crippen LogP contribution in [0.4, 0.5) is 0 Å². The molecule has 0 bridgehead atoms. The largest absolute Gasteiger partial charge is 0.256 e. The number of aromatic nitrogens is 5. The highest BCUT2D eigenvalue weighted by Crippen LogP contribution is 2.49. The summed E-state index contributed by atoms with van der Waals surface area (Å²) in [6.07, 6.45) is 8.87. The fraction of sp³-hybridized carbons (Fsp3) is 0.0952. The molecule has 5 nitrogen and oxygen atoms in total. The van der Waals surface area contributed by atoms with E-state index in [0.29, 0.717) is 0 Å². The van der Waals surface area contributed by atoms with Crippen molar-refractivity contribution in [3.63, 3.8) is 0 Å². The molecule has 5 heterocycles. The molecule has 15 aromatic carbocycles. The van der Waals surface area contributed by atoms with Crippen LogP contribution in [0, 0.1) is 34.6 Å². The normalized spacial score (nSPS) is 12.6. The number of hydrogen-bond donors (Lipinski definition) is 0. The summed E-state index contributed by atoms with van der Waals surface area (Å²) in [6.45, 7) is 10.8. The Morgan fingerprint density at radius 2 is 0.655 bits per heavy atom. The molecule has 5 aliphatic rings. The zero-order valence-corrected chi connectivity index (χ0v) is 62.1. The average Bonchev–Trinajstić information content (AvgIpc) is 1.25. The monoisotopic (exact) mass is 1410 g/mol. The number of rotatable bonds is 0. The second kappa shape index (κ2) is 26.0. The molecule has 520 valence electrons. The molecule has 0 spiro atoms. The first-order valence-corrected chi connectivity index (χ1v) is 38.6. The van der Waals surface area contributed by atoms with Gasteiger partial charge in [0.2, 0.25) is 0 Å². The summed E-state index contributed by atoms with van der Waals surface area (Å²) in [5.74, 6) is 0. The van der Waals surface area contributed by atoms with Crippen molar-refractivity contribution in [2.24, 2.45) is 0 Å².